The maximum Gasteiger partial charge on any atom is 0.408 e. The summed E-state index contributed by atoms with van der Waals surface area (Å²) in [5.74, 6) is 0.119. The third kappa shape index (κ3) is 9.79. The first-order valence-electron chi connectivity index (χ1n) is 22.2. The monoisotopic (exact) mass is 897 g/mol. The molecule has 1 aliphatic heterocycles. The Balaban J connectivity index is 1.12. The fraction of sp³-hybridized carbons (Fsp3) is 0.259. The van der Waals surface area contributed by atoms with Gasteiger partial charge in [-0.3, -0.25) is 9.59 Å². The van der Waals surface area contributed by atoms with E-state index < -0.39 is 34.9 Å². The second-order valence-electron chi connectivity index (χ2n) is 18.3. The van der Waals surface area contributed by atoms with Crippen LogP contribution in [-0.2, 0) is 21.5 Å². The van der Waals surface area contributed by atoms with E-state index in [4.69, 9.17) is 15.0 Å². The van der Waals surface area contributed by atoms with E-state index in [1.165, 1.54) is 0 Å². The van der Waals surface area contributed by atoms with Crippen molar-refractivity contribution in [2.45, 2.75) is 87.5 Å². The summed E-state index contributed by atoms with van der Waals surface area (Å²) in [7, 11) is 0. The molecule has 1 aromatic heterocycles. The van der Waals surface area contributed by atoms with Gasteiger partial charge in [-0.25, -0.2) is 9.48 Å². The van der Waals surface area contributed by atoms with E-state index in [1.54, 1.807) is 46.4 Å². The topological polar surface area (TPSA) is 140 Å². The molecule has 0 bridgehead atoms. The van der Waals surface area contributed by atoms with Crippen molar-refractivity contribution in [2.75, 3.05) is 11.6 Å². The standard InChI is InChI=1S/C54H55N7O4S/c1-52(2,3)65-51(64)57-53(4,5)35-47(62)55-46-32-30-38-34-42(66-6)31-33-45(38)56-48(46)49(63)37-28-26-36(27-29-37)43-24-16-17-25-44(43)50-58-59-60-61(50)54(39-18-10-7-11-19-39,40-20-12-8-13-21-40)41-22-14-9-15-23-41/h7-29,31,33-34,46,48,56H,30,32,35H2,1-6H3,(H,55,62)(H,57,64). The minimum absolute atomic E-state index is 0.0201. The third-order valence-corrected chi connectivity index (χ3v) is 12.6. The van der Waals surface area contributed by atoms with Crippen molar-refractivity contribution in [1.82, 2.24) is 30.8 Å². The molecule has 0 saturated carbocycles. The molecule has 2 atom stereocenters. The van der Waals surface area contributed by atoms with Crippen molar-refractivity contribution in [1.29, 1.82) is 0 Å². The summed E-state index contributed by atoms with van der Waals surface area (Å²) in [5, 5.41) is 23.3. The molecule has 0 aliphatic carbocycles. The van der Waals surface area contributed by atoms with Crippen molar-refractivity contribution in [3.63, 3.8) is 0 Å². The van der Waals surface area contributed by atoms with Gasteiger partial charge in [0.1, 0.15) is 17.2 Å². The lowest BCUT2D eigenvalue weighted by molar-refractivity contribution is -0.123. The molecule has 8 rings (SSSR count). The number of aromatic nitrogens is 4. The third-order valence-electron chi connectivity index (χ3n) is 11.8. The fourth-order valence-electron chi connectivity index (χ4n) is 8.89. The van der Waals surface area contributed by atoms with Crippen LogP contribution in [0.3, 0.4) is 0 Å². The molecule has 11 nitrogen and oxygen atoms in total. The Kier molecular flexibility index (Phi) is 13.2. The Morgan fingerprint density at radius 3 is 1.89 bits per heavy atom. The van der Waals surface area contributed by atoms with E-state index >= 15 is 0 Å². The first kappa shape index (κ1) is 45.5. The van der Waals surface area contributed by atoms with Gasteiger partial charge in [0.05, 0.1) is 6.04 Å². The number of aryl methyl sites for hydroxylation is 1. The molecule has 0 fully saturated rings. The quantitative estimate of drug-likeness (QED) is 0.0586. The Morgan fingerprint density at radius 1 is 0.742 bits per heavy atom. The number of thioether (sulfide) groups is 1. The molecule has 66 heavy (non-hydrogen) atoms. The lowest BCUT2D eigenvalue weighted by atomic mass is 9.77. The largest absolute Gasteiger partial charge is 0.444 e. The number of carbonyl (C=O) groups is 3. The molecule has 0 radical (unpaired) electrons. The maximum atomic E-state index is 14.8. The molecule has 7 aromatic rings. The summed E-state index contributed by atoms with van der Waals surface area (Å²) in [6.07, 6.45) is 2.59. The van der Waals surface area contributed by atoms with Crippen molar-refractivity contribution in [2.24, 2.45) is 0 Å². The lowest BCUT2D eigenvalue weighted by Crippen LogP contribution is -2.53. The zero-order chi connectivity index (χ0) is 46.5. The zero-order valence-corrected chi connectivity index (χ0v) is 38.9. The number of rotatable bonds is 13. The first-order chi connectivity index (χ1) is 31.8. The average Bonchev–Trinajstić information content (AvgIpc) is 3.73. The lowest BCUT2D eigenvalue weighted by Gasteiger charge is -2.36. The number of nitrogens with one attached hydrogen (secondary N) is 3. The van der Waals surface area contributed by atoms with Gasteiger partial charge in [0, 0.05) is 33.7 Å². The Labute approximate surface area is 390 Å². The number of Topliss-reactive ketones (excluding diaryl/α,β-unsaturated/α-hetero) is 1. The molecule has 336 valence electrons. The van der Waals surface area contributed by atoms with Crippen LogP contribution in [0.15, 0.2) is 163 Å². The van der Waals surface area contributed by atoms with Gasteiger partial charge in [-0.2, -0.15) is 0 Å². The van der Waals surface area contributed by atoms with E-state index in [0.29, 0.717) is 24.2 Å². The SMILES string of the molecule is CSc1ccc2c(c1)CCC(NC(=O)CC(C)(C)NC(=O)OC(C)(C)C)C(C(=O)c1ccc(-c3ccccc3-c3nnnn3C(c3ccccc3)(c3ccccc3)c3ccccc3)cc1)N2. The number of anilines is 1. The Hall–Kier alpha value is -7.05. The minimum Gasteiger partial charge on any atom is -0.444 e. The maximum absolute atomic E-state index is 14.8. The number of alkyl carbamates (subject to hydrolysis) is 1. The summed E-state index contributed by atoms with van der Waals surface area (Å²) in [6, 6.07) is 51.3. The van der Waals surface area contributed by atoms with Gasteiger partial charge in [-0.15, -0.1) is 16.9 Å². The number of ketones is 1. The van der Waals surface area contributed by atoms with Crippen LogP contribution in [0.1, 0.15) is 80.1 Å². The highest BCUT2D eigenvalue weighted by atomic mass is 32.2. The van der Waals surface area contributed by atoms with Crippen molar-refractivity contribution in [3.05, 3.63) is 186 Å². The molecule has 2 unspecified atom stereocenters. The average molecular weight is 898 g/mol. The van der Waals surface area contributed by atoms with Crippen LogP contribution >= 0.6 is 11.8 Å². The Bertz CT molecular complexity index is 2710. The predicted octanol–water partition coefficient (Wildman–Crippen LogP) is 10.4. The molecule has 2 heterocycles. The number of hydrogen-bond acceptors (Lipinski definition) is 9. The number of tetrazole rings is 1. The number of benzene rings is 6. The van der Waals surface area contributed by atoms with Gasteiger partial charge in [0.25, 0.3) is 0 Å². The molecule has 2 amide bonds. The highest BCUT2D eigenvalue weighted by molar-refractivity contribution is 7.98. The highest BCUT2D eigenvalue weighted by Crippen LogP contribution is 2.43. The zero-order valence-electron chi connectivity index (χ0n) is 38.1. The van der Waals surface area contributed by atoms with E-state index in [1.807, 2.05) is 126 Å². The van der Waals surface area contributed by atoms with Crippen LogP contribution in [0, 0.1) is 0 Å². The number of fused-ring (bicyclic) bond motifs is 1. The molecule has 12 heteroatoms. The van der Waals surface area contributed by atoms with Gasteiger partial charge < -0.3 is 20.7 Å². The van der Waals surface area contributed by atoms with Gasteiger partial charge in [-0.1, -0.05) is 140 Å². The van der Waals surface area contributed by atoms with Gasteiger partial charge >= 0.3 is 6.09 Å². The van der Waals surface area contributed by atoms with Gasteiger partial charge in [-0.05, 0) is 116 Å². The smallest absolute Gasteiger partial charge is 0.408 e. The fourth-order valence-corrected chi connectivity index (χ4v) is 9.35. The van der Waals surface area contributed by atoms with Crippen molar-refractivity contribution >= 4 is 35.2 Å². The van der Waals surface area contributed by atoms with Crippen LogP contribution < -0.4 is 16.0 Å². The molecule has 1 aliphatic rings. The van der Waals surface area contributed by atoms with Crippen LogP contribution in [0.25, 0.3) is 22.5 Å². The summed E-state index contributed by atoms with van der Waals surface area (Å²) in [4.78, 5) is 42.3. The predicted molar refractivity (Wildman–Crippen MR) is 262 cm³/mol. The number of hydrogen-bond donors (Lipinski definition) is 3. The molecular formula is C54H55N7O4S. The molecule has 0 spiro atoms. The summed E-state index contributed by atoms with van der Waals surface area (Å²) in [5.41, 5.74) is 5.43. The van der Waals surface area contributed by atoms with Gasteiger partial charge in [0.15, 0.2) is 11.6 Å². The second kappa shape index (κ2) is 19.2. The number of amides is 2. The molecular weight excluding hydrogens is 843 g/mol. The minimum atomic E-state index is -0.941. The van der Waals surface area contributed by atoms with Crippen LogP contribution in [0.2, 0.25) is 0 Å². The van der Waals surface area contributed by atoms with Crippen LogP contribution in [0.5, 0.6) is 0 Å². The highest BCUT2D eigenvalue weighted by Gasteiger charge is 2.42. The number of ether oxygens (including phenoxy) is 1. The second-order valence-corrected chi connectivity index (χ2v) is 19.1. The normalized spacial score (nSPS) is 15.1. The number of nitrogens with zero attached hydrogens (tertiary/aromatic N) is 4. The molecule has 3 N–H and O–H groups in total. The summed E-state index contributed by atoms with van der Waals surface area (Å²) >= 11 is 1.65. The van der Waals surface area contributed by atoms with Crippen molar-refractivity contribution in [3.8, 4) is 22.5 Å². The van der Waals surface area contributed by atoms with E-state index in [-0.39, 0.29) is 18.1 Å². The summed E-state index contributed by atoms with van der Waals surface area (Å²) in [6.45, 7) is 8.91. The van der Waals surface area contributed by atoms with Gasteiger partial charge in [0.2, 0.25) is 5.91 Å². The summed E-state index contributed by atoms with van der Waals surface area (Å²) < 4.78 is 7.38. The van der Waals surface area contributed by atoms with E-state index in [2.05, 4.69) is 63.6 Å². The number of carbonyl (C=O) groups excluding carboxylic acids is 3. The van der Waals surface area contributed by atoms with E-state index in [9.17, 15) is 14.4 Å². The Morgan fingerprint density at radius 2 is 1.32 bits per heavy atom. The van der Waals surface area contributed by atoms with Crippen LogP contribution in [0.4, 0.5) is 10.5 Å². The van der Waals surface area contributed by atoms with Crippen molar-refractivity contribution < 1.29 is 19.1 Å². The van der Waals surface area contributed by atoms with E-state index in [0.717, 1.165) is 49.5 Å². The molecule has 0 saturated heterocycles. The molecule has 6 aromatic carbocycles. The van der Waals surface area contributed by atoms with Crippen LogP contribution in [-0.4, -0.2) is 67.5 Å². The first-order valence-corrected chi connectivity index (χ1v) is 23.4.